The molecule has 2 heterocycles. The second-order valence-electron chi connectivity index (χ2n) is 6.73. The first kappa shape index (κ1) is 16.7. The summed E-state index contributed by atoms with van der Waals surface area (Å²) in [5.74, 6) is 1.51. The summed E-state index contributed by atoms with van der Waals surface area (Å²) < 4.78 is 2.22. The third-order valence-electron chi connectivity index (χ3n) is 4.46. The number of carbonyl (C=O) groups excluding carboxylic acids is 1. The molecule has 2 aromatic rings. The molecule has 3 rings (SSSR count). The smallest absolute Gasteiger partial charge is 0.241 e. The molecule has 2 atom stereocenters. The molecule has 0 saturated heterocycles. The molecule has 0 unspecified atom stereocenters. The molecule has 0 spiro atoms. The largest absolute Gasteiger partial charge is 0.352 e. The van der Waals surface area contributed by atoms with Crippen molar-refractivity contribution in [2.45, 2.75) is 51.2 Å². The molecule has 1 aromatic heterocycles. The van der Waals surface area contributed by atoms with Gasteiger partial charge in [-0.2, -0.15) is 0 Å². The Bertz CT molecular complexity index is 665. The average molecular weight is 326 g/mol. The highest BCUT2D eigenvalue weighted by Crippen LogP contribution is 2.26. The summed E-state index contributed by atoms with van der Waals surface area (Å²) in [7, 11) is 0. The van der Waals surface area contributed by atoms with Crippen LogP contribution in [-0.4, -0.2) is 28.0 Å². The Hall–Kier alpha value is -2.14. The second-order valence-corrected chi connectivity index (χ2v) is 6.73. The van der Waals surface area contributed by atoms with E-state index in [4.69, 9.17) is 0 Å². The average Bonchev–Trinajstić information content (AvgIpc) is 3.05. The first-order valence-corrected chi connectivity index (χ1v) is 8.75. The van der Waals surface area contributed by atoms with Crippen LogP contribution in [0.3, 0.4) is 0 Å². The highest BCUT2D eigenvalue weighted by molar-refractivity contribution is 5.83. The van der Waals surface area contributed by atoms with Crippen LogP contribution in [0.25, 0.3) is 0 Å². The standard InChI is InChI=1S/C19H26N4O/c1-14(2)22-19(24)17(15-7-4-3-5-8-15)21-13-16-9-6-11-23-12-10-20-18(16)23/h3-5,7-8,10,12,14,16-17,21H,6,9,11,13H2,1-2H3,(H,22,24)/t16-,17+/m1/s1. The van der Waals surface area contributed by atoms with Gasteiger partial charge in [-0.3, -0.25) is 4.79 Å². The number of hydrogen-bond acceptors (Lipinski definition) is 3. The fraction of sp³-hybridized carbons (Fsp3) is 0.474. The lowest BCUT2D eigenvalue weighted by Gasteiger charge is -2.26. The number of nitrogens with one attached hydrogen (secondary N) is 2. The van der Waals surface area contributed by atoms with E-state index in [1.807, 2.05) is 56.6 Å². The van der Waals surface area contributed by atoms with Crippen molar-refractivity contribution in [2.24, 2.45) is 0 Å². The van der Waals surface area contributed by atoms with Gasteiger partial charge in [0.1, 0.15) is 11.9 Å². The van der Waals surface area contributed by atoms with Gasteiger partial charge in [0.25, 0.3) is 0 Å². The van der Waals surface area contributed by atoms with E-state index in [9.17, 15) is 4.79 Å². The van der Waals surface area contributed by atoms with E-state index < -0.39 is 0 Å². The van der Waals surface area contributed by atoms with Crippen LogP contribution in [0, 0.1) is 0 Å². The lowest BCUT2D eigenvalue weighted by Crippen LogP contribution is -2.42. The van der Waals surface area contributed by atoms with Gasteiger partial charge >= 0.3 is 0 Å². The summed E-state index contributed by atoms with van der Waals surface area (Å²) >= 11 is 0. The Morgan fingerprint density at radius 3 is 2.88 bits per heavy atom. The van der Waals surface area contributed by atoms with Crippen LogP contribution in [-0.2, 0) is 11.3 Å². The topological polar surface area (TPSA) is 59.0 Å². The van der Waals surface area contributed by atoms with Gasteiger partial charge in [-0.1, -0.05) is 30.3 Å². The fourth-order valence-corrected chi connectivity index (χ4v) is 3.34. The maximum atomic E-state index is 12.6. The molecule has 1 aliphatic heterocycles. The van der Waals surface area contributed by atoms with Crippen molar-refractivity contribution in [1.82, 2.24) is 20.2 Å². The molecule has 24 heavy (non-hydrogen) atoms. The minimum atomic E-state index is -0.334. The summed E-state index contributed by atoms with van der Waals surface area (Å²) in [6.07, 6.45) is 6.18. The van der Waals surface area contributed by atoms with Gasteiger partial charge in [0, 0.05) is 37.4 Å². The van der Waals surface area contributed by atoms with Crippen LogP contribution in [0.1, 0.15) is 50.0 Å². The number of hydrogen-bond donors (Lipinski definition) is 2. The predicted octanol–water partition coefficient (Wildman–Crippen LogP) is 2.62. The number of amides is 1. The van der Waals surface area contributed by atoms with Gasteiger partial charge in [-0.15, -0.1) is 0 Å². The SMILES string of the molecule is CC(C)NC(=O)[C@@H](NC[C@H]1CCCn2ccnc21)c1ccccc1. The minimum Gasteiger partial charge on any atom is -0.352 e. The monoisotopic (exact) mass is 326 g/mol. The second kappa shape index (κ2) is 7.62. The van der Waals surface area contributed by atoms with Gasteiger partial charge in [0.2, 0.25) is 5.91 Å². The van der Waals surface area contributed by atoms with E-state index in [1.54, 1.807) is 0 Å². The Balaban J connectivity index is 1.72. The van der Waals surface area contributed by atoms with Crippen LogP contribution in [0.5, 0.6) is 0 Å². The number of benzene rings is 1. The van der Waals surface area contributed by atoms with Crippen molar-refractivity contribution in [3.63, 3.8) is 0 Å². The summed E-state index contributed by atoms with van der Waals surface area (Å²) in [5.41, 5.74) is 0.995. The maximum Gasteiger partial charge on any atom is 0.241 e. The Morgan fingerprint density at radius 1 is 1.33 bits per heavy atom. The van der Waals surface area contributed by atoms with Crippen molar-refractivity contribution >= 4 is 5.91 Å². The number of nitrogens with zero attached hydrogens (tertiary/aromatic N) is 2. The van der Waals surface area contributed by atoms with Gasteiger partial charge in [-0.25, -0.2) is 4.98 Å². The van der Waals surface area contributed by atoms with Crippen LogP contribution in [0.15, 0.2) is 42.7 Å². The van der Waals surface area contributed by atoms with Gasteiger partial charge < -0.3 is 15.2 Å². The minimum absolute atomic E-state index is 0.0235. The van der Waals surface area contributed by atoms with E-state index in [2.05, 4.69) is 20.2 Å². The molecule has 1 amide bonds. The number of imidazole rings is 1. The summed E-state index contributed by atoms with van der Waals surface area (Å²) in [4.78, 5) is 17.1. The third-order valence-corrected chi connectivity index (χ3v) is 4.46. The Morgan fingerprint density at radius 2 is 2.12 bits per heavy atom. The highest BCUT2D eigenvalue weighted by atomic mass is 16.2. The third kappa shape index (κ3) is 3.85. The number of fused-ring (bicyclic) bond motifs is 1. The van der Waals surface area contributed by atoms with E-state index >= 15 is 0 Å². The van der Waals surface area contributed by atoms with Crippen LogP contribution in [0.4, 0.5) is 0 Å². The van der Waals surface area contributed by atoms with Crippen LogP contribution >= 0.6 is 0 Å². The quantitative estimate of drug-likeness (QED) is 0.858. The Kier molecular flexibility index (Phi) is 5.30. The number of aryl methyl sites for hydroxylation is 1. The molecule has 1 aromatic carbocycles. The molecule has 5 nitrogen and oxygen atoms in total. The van der Waals surface area contributed by atoms with Crippen molar-refractivity contribution in [3.05, 3.63) is 54.1 Å². The normalized spacial score (nSPS) is 18.2. The number of rotatable bonds is 6. The fourth-order valence-electron chi connectivity index (χ4n) is 3.34. The first-order valence-electron chi connectivity index (χ1n) is 8.75. The molecule has 0 bridgehead atoms. The zero-order chi connectivity index (χ0) is 16.9. The molecular formula is C19H26N4O. The lowest BCUT2D eigenvalue weighted by atomic mass is 9.97. The summed E-state index contributed by atoms with van der Waals surface area (Å²) in [5, 5.41) is 6.50. The molecule has 128 valence electrons. The number of carbonyl (C=O) groups is 1. The molecule has 0 aliphatic carbocycles. The van der Waals surface area contributed by atoms with Gasteiger partial charge in [0.15, 0.2) is 0 Å². The molecule has 5 heteroatoms. The molecule has 0 fully saturated rings. The first-order chi connectivity index (χ1) is 11.6. The highest BCUT2D eigenvalue weighted by Gasteiger charge is 2.25. The van der Waals surface area contributed by atoms with Crippen LogP contribution in [0.2, 0.25) is 0 Å². The van der Waals surface area contributed by atoms with Crippen molar-refractivity contribution < 1.29 is 4.79 Å². The number of aromatic nitrogens is 2. The maximum absolute atomic E-state index is 12.6. The van der Waals surface area contributed by atoms with Crippen molar-refractivity contribution in [3.8, 4) is 0 Å². The molecule has 0 radical (unpaired) electrons. The van der Waals surface area contributed by atoms with E-state index in [-0.39, 0.29) is 18.0 Å². The zero-order valence-electron chi connectivity index (χ0n) is 14.4. The van der Waals surface area contributed by atoms with Gasteiger partial charge in [-0.05, 0) is 32.3 Å². The van der Waals surface area contributed by atoms with Crippen molar-refractivity contribution in [2.75, 3.05) is 6.54 Å². The van der Waals surface area contributed by atoms with Crippen LogP contribution < -0.4 is 10.6 Å². The molecule has 1 aliphatic rings. The summed E-state index contributed by atoms with van der Waals surface area (Å²) in [6.45, 7) is 5.76. The molecular weight excluding hydrogens is 300 g/mol. The van der Waals surface area contributed by atoms with E-state index in [0.717, 1.165) is 37.3 Å². The zero-order valence-corrected chi connectivity index (χ0v) is 14.4. The van der Waals surface area contributed by atoms with Gasteiger partial charge in [0.05, 0.1) is 0 Å². The lowest BCUT2D eigenvalue weighted by molar-refractivity contribution is -0.123. The summed E-state index contributed by atoms with van der Waals surface area (Å²) in [6, 6.07) is 9.70. The van der Waals surface area contributed by atoms with E-state index in [1.165, 1.54) is 0 Å². The van der Waals surface area contributed by atoms with E-state index in [0.29, 0.717) is 5.92 Å². The van der Waals surface area contributed by atoms with Crippen molar-refractivity contribution in [1.29, 1.82) is 0 Å². The molecule has 2 N–H and O–H groups in total. The predicted molar refractivity (Wildman–Crippen MR) is 94.7 cm³/mol. The Labute approximate surface area is 143 Å². The molecule has 0 saturated carbocycles.